The van der Waals surface area contributed by atoms with Gasteiger partial charge in [-0.2, -0.15) is 0 Å². The molecule has 0 saturated heterocycles. The highest BCUT2D eigenvalue weighted by molar-refractivity contribution is 9.10. The van der Waals surface area contributed by atoms with Gasteiger partial charge in [0.15, 0.2) is 11.5 Å². The summed E-state index contributed by atoms with van der Waals surface area (Å²) < 4.78 is 40.9. The lowest BCUT2D eigenvalue weighted by Gasteiger charge is -2.22. The molecular formula is C20H19BrN2O5S. The quantitative estimate of drug-likeness (QED) is 0.728. The lowest BCUT2D eigenvalue weighted by molar-refractivity contribution is -0.119. The first-order chi connectivity index (χ1) is 13.9. The van der Waals surface area contributed by atoms with E-state index in [0.29, 0.717) is 53.5 Å². The van der Waals surface area contributed by atoms with Crippen molar-refractivity contribution in [3.05, 3.63) is 40.4 Å². The summed E-state index contributed by atoms with van der Waals surface area (Å²) in [6.45, 7) is 1.39. The number of sulfonamides is 1. The molecule has 2 aromatic rings. The number of hydrogen-bond acceptors (Lipinski definition) is 5. The number of benzene rings is 2. The number of fused-ring (bicyclic) bond motifs is 2. The Morgan fingerprint density at radius 2 is 1.86 bits per heavy atom. The van der Waals surface area contributed by atoms with Crippen molar-refractivity contribution in [1.82, 2.24) is 0 Å². The predicted molar refractivity (Wildman–Crippen MR) is 111 cm³/mol. The third-order valence-electron chi connectivity index (χ3n) is 5.27. The van der Waals surface area contributed by atoms with E-state index in [1.54, 1.807) is 29.2 Å². The molecule has 0 atom stereocenters. The molecular weight excluding hydrogens is 460 g/mol. The van der Waals surface area contributed by atoms with Gasteiger partial charge in [-0.25, -0.2) is 8.42 Å². The number of carbonyl (C=O) groups is 1. The van der Waals surface area contributed by atoms with E-state index in [1.165, 1.54) is 0 Å². The maximum absolute atomic E-state index is 13.3. The summed E-state index contributed by atoms with van der Waals surface area (Å²) in [7, 11) is -3.93. The van der Waals surface area contributed by atoms with Crippen molar-refractivity contribution in [2.24, 2.45) is 5.92 Å². The van der Waals surface area contributed by atoms with Crippen molar-refractivity contribution in [2.75, 3.05) is 29.4 Å². The number of nitrogens with zero attached hydrogens (tertiary/aromatic N) is 1. The molecule has 0 spiro atoms. The van der Waals surface area contributed by atoms with E-state index in [9.17, 15) is 13.2 Å². The van der Waals surface area contributed by atoms with Gasteiger partial charge in [0.25, 0.3) is 10.0 Å². The minimum atomic E-state index is -3.93. The van der Waals surface area contributed by atoms with E-state index in [-0.39, 0.29) is 16.7 Å². The second-order valence-corrected chi connectivity index (χ2v) is 9.96. The van der Waals surface area contributed by atoms with Crippen LogP contribution in [0.5, 0.6) is 11.5 Å². The fraction of sp³-hybridized carbons (Fsp3) is 0.350. The van der Waals surface area contributed by atoms with Crippen LogP contribution in [0.3, 0.4) is 0 Å². The summed E-state index contributed by atoms with van der Waals surface area (Å²) in [5.74, 6) is 1.12. The van der Waals surface area contributed by atoms with Gasteiger partial charge in [-0.3, -0.25) is 9.52 Å². The third-order valence-corrected chi connectivity index (χ3v) is 7.12. The van der Waals surface area contributed by atoms with Crippen LogP contribution in [0.15, 0.2) is 39.7 Å². The average Bonchev–Trinajstić information content (AvgIpc) is 3.46. The van der Waals surface area contributed by atoms with Crippen LogP contribution < -0.4 is 19.1 Å². The Morgan fingerprint density at radius 3 is 2.62 bits per heavy atom. The number of amides is 1. The topological polar surface area (TPSA) is 84.9 Å². The molecule has 1 saturated carbocycles. The first-order valence-electron chi connectivity index (χ1n) is 9.49. The van der Waals surface area contributed by atoms with Gasteiger partial charge in [-0.1, -0.05) is 15.9 Å². The van der Waals surface area contributed by atoms with E-state index in [2.05, 4.69) is 20.7 Å². The maximum atomic E-state index is 13.3. The summed E-state index contributed by atoms with van der Waals surface area (Å²) >= 11 is 3.41. The highest BCUT2D eigenvalue weighted by Gasteiger charge is 2.39. The van der Waals surface area contributed by atoms with Crippen molar-refractivity contribution in [3.8, 4) is 11.5 Å². The average molecular weight is 479 g/mol. The van der Waals surface area contributed by atoms with Crippen LogP contribution in [-0.4, -0.2) is 34.1 Å². The minimum Gasteiger partial charge on any atom is -0.486 e. The lowest BCUT2D eigenvalue weighted by atomic mass is 10.2. The molecule has 2 aliphatic heterocycles. The van der Waals surface area contributed by atoms with Gasteiger partial charge in [-0.15, -0.1) is 0 Å². The molecule has 3 aliphatic rings. The highest BCUT2D eigenvalue weighted by atomic mass is 79.9. The Labute approximate surface area is 177 Å². The van der Waals surface area contributed by atoms with E-state index < -0.39 is 10.0 Å². The lowest BCUT2D eigenvalue weighted by Crippen LogP contribution is -2.31. The van der Waals surface area contributed by atoms with Gasteiger partial charge in [0.05, 0.1) is 11.4 Å². The molecule has 7 nitrogen and oxygen atoms in total. The van der Waals surface area contributed by atoms with Crippen LogP contribution in [-0.2, 0) is 21.2 Å². The normalized spacial score (nSPS) is 17.8. The van der Waals surface area contributed by atoms with Crippen molar-refractivity contribution in [1.29, 1.82) is 0 Å². The SMILES string of the molecule is O=C(C1CC1)N1CCc2cc(Br)cc(S(=O)(=O)Nc3ccc4c(c3)OCCO4)c21. The zero-order valence-electron chi connectivity index (χ0n) is 15.5. The van der Waals surface area contributed by atoms with Crippen LogP contribution in [0.1, 0.15) is 18.4 Å². The minimum absolute atomic E-state index is 0.0156. The maximum Gasteiger partial charge on any atom is 0.264 e. The second kappa shape index (κ2) is 6.91. The van der Waals surface area contributed by atoms with Gasteiger partial charge in [-0.05, 0) is 49.1 Å². The van der Waals surface area contributed by atoms with E-state index in [4.69, 9.17) is 9.47 Å². The van der Waals surface area contributed by atoms with Gasteiger partial charge in [0, 0.05) is 23.0 Å². The number of halogens is 1. The van der Waals surface area contributed by atoms with Crippen LogP contribution >= 0.6 is 15.9 Å². The number of hydrogen-bond donors (Lipinski definition) is 1. The van der Waals surface area contributed by atoms with E-state index in [0.717, 1.165) is 18.4 Å². The highest BCUT2D eigenvalue weighted by Crippen LogP contribution is 2.42. The van der Waals surface area contributed by atoms with Crippen LogP contribution in [0.4, 0.5) is 11.4 Å². The summed E-state index contributed by atoms with van der Waals surface area (Å²) in [6, 6.07) is 8.37. The van der Waals surface area contributed by atoms with Crippen LogP contribution in [0.25, 0.3) is 0 Å². The third kappa shape index (κ3) is 3.46. The second-order valence-electron chi connectivity index (χ2n) is 7.39. The van der Waals surface area contributed by atoms with Crippen molar-refractivity contribution < 1.29 is 22.7 Å². The molecule has 1 N–H and O–H groups in total. The molecule has 0 aromatic heterocycles. The molecule has 152 valence electrons. The van der Waals surface area contributed by atoms with Gasteiger partial charge in [0.2, 0.25) is 5.91 Å². The molecule has 0 unspecified atom stereocenters. The van der Waals surface area contributed by atoms with Gasteiger partial charge < -0.3 is 14.4 Å². The molecule has 2 aromatic carbocycles. The molecule has 5 rings (SSSR count). The van der Waals surface area contributed by atoms with Crippen molar-refractivity contribution in [3.63, 3.8) is 0 Å². The molecule has 9 heteroatoms. The summed E-state index contributed by atoms with van der Waals surface area (Å²) in [5.41, 5.74) is 1.73. The Balaban J connectivity index is 1.52. The molecule has 0 bridgehead atoms. The Kier molecular flexibility index (Phi) is 4.47. The monoisotopic (exact) mass is 478 g/mol. The number of anilines is 2. The van der Waals surface area contributed by atoms with Crippen molar-refractivity contribution >= 4 is 43.2 Å². The first-order valence-corrected chi connectivity index (χ1v) is 11.8. The van der Waals surface area contributed by atoms with Gasteiger partial charge >= 0.3 is 0 Å². The Bertz CT molecular complexity index is 1110. The Morgan fingerprint density at radius 1 is 1.10 bits per heavy atom. The zero-order chi connectivity index (χ0) is 20.2. The zero-order valence-corrected chi connectivity index (χ0v) is 17.9. The molecule has 1 fully saturated rings. The molecule has 0 radical (unpaired) electrons. The summed E-state index contributed by atoms with van der Waals surface area (Å²) in [6.07, 6.45) is 2.39. The smallest absolute Gasteiger partial charge is 0.264 e. The molecule has 2 heterocycles. The first kappa shape index (κ1) is 18.7. The number of ether oxygens (including phenoxy) is 2. The number of carbonyl (C=O) groups excluding carboxylic acids is 1. The van der Waals surface area contributed by atoms with Crippen LogP contribution in [0, 0.1) is 5.92 Å². The molecule has 1 amide bonds. The fourth-order valence-corrected chi connectivity index (χ4v) is 5.74. The summed E-state index contributed by atoms with van der Waals surface area (Å²) in [5, 5.41) is 0. The van der Waals surface area contributed by atoms with E-state index >= 15 is 0 Å². The number of nitrogens with one attached hydrogen (secondary N) is 1. The fourth-order valence-electron chi connectivity index (χ4n) is 3.76. The largest absolute Gasteiger partial charge is 0.486 e. The Hall–Kier alpha value is -2.26. The molecule has 29 heavy (non-hydrogen) atoms. The van der Waals surface area contributed by atoms with E-state index in [1.807, 2.05) is 6.07 Å². The van der Waals surface area contributed by atoms with Gasteiger partial charge in [0.1, 0.15) is 18.1 Å². The number of rotatable bonds is 4. The van der Waals surface area contributed by atoms with Crippen molar-refractivity contribution in [2.45, 2.75) is 24.2 Å². The standard InChI is InChI=1S/C20H19BrN2O5S/c21-14-9-13-5-6-23(20(24)12-1-2-12)19(13)18(10-14)29(25,26)22-15-3-4-16-17(11-15)28-8-7-27-16/h3-4,9-12,22H,1-2,5-8H2. The van der Waals surface area contributed by atoms with Crippen LogP contribution in [0.2, 0.25) is 0 Å². The summed E-state index contributed by atoms with van der Waals surface area (Å²) in [4.78, 5) is 14.5. The molecule has 1 aliphatic carbocycles. The predicted octanol–water partition coefficient (Wildman–Crippen LogP) is 3.32.